The topological polar surface area (TPSA) is 46.5 Å². The van der Waals surface area contributed by atoms with Crippen molar-refractivity contribution in [2.75, 3.05) is 0 Å². The molecule has 0 unspecified atom stereocenters. The molecule has 3 heteroatoms. The lowest BCUT2D eigenvalue weighted by Gasteiger charge is -2.53. The molecule has 2 aromatic rings. The number of carbonyl (C=O) groups excluding carboxylic acids is 1. The Labute approximate surface area is 186 Å². The third-order valence-corrected chi connectivity index (χ3v) is 8.10. The molecule has 4 rings (SSSR count). The molecule has 2 fully saturated rings. The second kappa shape index (κ2) is 8.27. The second-order valence-electron chi connectivity index (χ2n) is 9.72. The van der Waals surface area contributed by atoms with E-state index in [1.54, 1.807) is 6.08 Å². The highest BCUT2D eigenvalue weighted by Gasteiger charge is 2.74. The van der Waals surface area contributed by atoms with Gasteiger partial charge in [0.2, 0.25) is 0 Å². The van der Waals surface area contributed by atoms with Gasteiger partial charge in [-0.25, -0.2) is 4.79 Å². The molecule has 2 saturated carbocycles. The fourth-order valence-electron chi connectivity index (χ4n) is 6.49. The molecule has 2 aromatic carbocycles. The Morgan fingerprint density at radius 1 is 1.10 bits per heavy atom. The van der Waals surface area contributed by atoms with Gasteiger partial charge in [0.1, 0.15) is 11.7 Å². The zero-order valence-corrected chi connectivity index (χ0v) is 18.9. The summed E-state index contributed by atoms with van der Waals surface area (Å²) in [5.74, 6) is 0.105. The number of carbonyl (C=O) groups is 1. The molecule has 0 heterocycles. The average molecular weight is 419 g/mol. The molecule has 2 aliphatic rings. The van der Waals surface area contributed by atoms with Crippen LogP contribution in [0.15, 0.2) is 72.8 Å². The first kappa shape index (κ1) is 21.8. The normalized spacial score (nSPS) is 27.0. The van der Waals surface area contributed by atoms with E-state index in [1.165, 1.54) is 0 Å². The van der Waals surface area contributed by atoms with E-state index in [2.05, 4.69) is 20.8 Å². The third-order valence-electron chi connectivity index (χ3n) is 8.10. The first-order valence-corrected chi connectivity index (χ1v) is 11.6. The highest BCUT2D eigenvalue weighted by atomic mass is 16.5. The van der Waals surface area contributed by atoms with E-state index in [1.807, 2.05) is 66.7 Å². The maximum atomic E-state index is 12.8. The Bertz CT molecular complexity index is 892. The molecule has 2 aliphatic carbocycles. The fourth-order valence-corrected chi connectivity index (χ4v) is 6.49. The Morgan fingerprint density at radius 3 is 2.19 bits per heavy atom. The Hall–Kier alpha value is -2.39. The van der Waals surface area contributed by atoms with Gasteiger partial charge in [0, 0.05) is 11.5 Å². The van der Waals surface area contributed by atoms with Crippen LogP contribution < -0.4 is 0 Å². The number of aliphatic hydroxyl groups is 1. The molecule has 3 atom stereocenters. The van der Waals surface area contributed by atoms with Crippen LogP contribution in [0, 0.1) is 16.7 Å². The molecule has 0 amide bonds. The summed E-state index contributed by atoms with van der Waals surface area (Å²) < 4.78 is 6.13. The number of hydrogen-bond acceptors (Lipinski definition) is 3. The van der Waals surface area contributed by atoms with Crippen molar-refractivity contribution >= 4 is 5.97 Å². The van der Waals surface area contributed by atoms with E-state index >= 15 is 0 Å². The van der Waals surface area contributed by atoms with Crippen molar-refractivity contribution in [1.82, 2.24) is 0 Å². The molecule has 0 aliphatic heterocycles. The highest BCUT2D eigenvalue weighted by Crippen LogP contribution is 2.73. The molecular weight excluding hydrogens is 384 g/mol. The number of benzene rings is 2. The van der Waals surface area contributed by atoms with Crippen LogP contribution >= 0.6 is 0 Å². The third kappa shape index (κ3) is 3.25. The van der Waals surface area contributed by atoms with Crippen LogP contribution in [0.4, 0.5) is 0 Å². The van der Waals surface area contributed by atoms with Crippen LogP contribution in [0.1, 0.15) is 64.0 Å². The van der Waals surface area contributed by atoms with Gasteiger partial charge in [-0.2, -0.15) is 0 Å². The van der Waals surface area contributed by atoms with Gasteiger partial charge < -0.3 is 9.84 Å². The number of unbranched alkanes of at least 4 members (excludes halogenated alkanes) is 1. The van der Waals surface area contributed by atoms with Crippen LogP contribution in [0.25, 0.3) is 0 Å². The standard InChI is InChI=1S/C28H34O3/c1-4-5-8-17-25(29)31-24-20-23-18-19-27(24,26(23,2)3)28(30,21-13-9-6-10-14-21)22-15-11-7-12-16-22/h6-17,23-24,30H,4-5,18-20H2,1-3H3/b17-8+/t23-,24-,27-/m1/s1. The summed E-state index contributed by atoms with van der Waals surface area (Å²) in [6, 6.07) is 19.9. The van der Waals surface area contributed by atoms with Gasteiger partial charge in [0.25, 0.3) is 0 Å². The van der Waals surface area contributed by atoms with Crippen LogP contribution in [0.2, 0.25) is 0 Å². The summed E-state index contributed by atoms with van der Waals surface area (Å²) in [5, 5.41) is 12.8. The number of ether oxygens (including phenoxy) is 1. The zero-order chi connectivity index (χ0) is 22.1. The first-order chi connectivity index (χ1) is 14.9. The van der Waals surface area contributed by atoms with Crippen molar-refractivity contribution in [3.8, 4) is 0 Å². The Kier molecular flexibility index (Phi) is 5.83. The zero-order valence-electron chi connectivity index (χ0n) is 18.9. The van der Waals surface area contributed by atoms with Crippen molar-refractivity contribution < 1.29 is 14.6 Å². The molecule has 0 aromatic heterocycles. The smallest absolute Gasteiger partial charge is 0.330 e. The molecule has 3 nitrogen and oxygen atoms in total. The van der Waals surface area contributed by atoms with E-state index in [0.29, 0.717) is 5.92 Å². The minimum Gasteiger partial charge on any atom is -0.458 e. The van der Waals surface area contributed by atoms with Gasteiger partial charge in [-0.15, -0.1) is 0 Å². The molecule has 0 spiro atoms. The lowest BCUT2D eigenvalue weighted by Crippen LogP contribution is -2.57. The number of esters is 1. The number of fused-ring (bicyclic) bond motifs is 2. The van der Waals surface area contributed by atoms with Crippen LogP contribution in [0.5, 0.6) is 0 Å². The van der Waals surface area contributed by atoms with Crippen LogP contribution in [0.3, 0.4) is 0 Å². The Balaban J connectivity index is 1.85. The lowest BCUT2D eigenvalue weighted by molar-refractivity contribution is -0.180. The van der Waals surface area contributed by atoms with E-state index < -0.39 is 11.0 Å². The van der Waals surface area contributed by atoms with Gasteiger partial charge in [0.05, 0.1) is 0 Å². The van der Waals surface area contributed by atoms with E-state index in [9.17, 15) is 9.90 Å². The molecule has 2 bridgehead atoms. The van der Waals surface area contributed by atoms with Crippen molar-refractivity contribution in [2.24, 2.45) is 16.7 Å². The summed E-state index contributed by atoms with van der Waals surface area (Å²) in [6.45, 7) is 6.59. The van der Waals surface area contributed by atoms with Gasteiger partial charge >= 0.3 is 5.97 Å². The fraction of sp³-hybridized carbons (Fsp3) is 0.464. The summed E-state index contributed by atoms with van der Waals surface area (Å²) in [4.78, 5) is 12.7. The summed E-state index contributed by atoms with van der Waals surface area (Å²) in [6.07, 6.45) is 7.60. The van der Waals surface area contributed by atoms with Gasteiger partial charge in [-0.3, -0.25) is 0 Å². The number of rotatable bonds is 7. The van der Waals surface area contributed by atoms with Gasteiger partial charge in [-0.05, 0) is 48.1 Å². The predicted molar refractivity (Wildman–Crippen MR) is 123 cm³/mol. The van der Waals surface area contributed by atoms with Crippen LogP contribution in [-0.4, -0.2) is 17.2 Å². The van der Waals surface area contributed by atoms with E-state index in [4.69, 9.17) is 4.74 Å². The lowest BCUT2D eigenvalue weighted by atomic mass is 9.54. The monoisotopic (exact) mass is 418 g/mol. The van der Waals surface area contributed by atoms with Gasteiger partial charge in [-0.1, -0.05) is 93.9 Å². The maximum absolute atomic E-state index is 12.8. The molecule has 164 valence electrons. The predicted octanol–water partition coefficient (Wildman–Crippen LogP) is 6.02. The minimum absolute atomic E-state index is 0.189. The maximum Gasteiger partial charge on any atom is 0.330 e. The van der Waals surface area contributed by atoms with Crippen molar-refractivity contribution in [1.29, 1.82) is 0 Å². The summed E-state index contributed by atoms with van der Waals surface area (Å²) in [5.41, 5.74) is -0.339. The number of allylic oxidation sites excluding steroid dienone is 1. The van der Waals surface area contributed by atoms with Crippen molar-refractivity contribution in [3.05, 3.63) is 83.9 Å². The van der Waals surface area contributed by atoms with Crippen molar-refractivity contribution in [2.45, 2.75) is 64.6 Å². The number of hydrogen-bond donors (Lipinski definition) is 1. The van der Waals surface area contributed by atoms with Crippen LogP contribution in [-0.2, 0) is 15.1 Å². The Morgan fingerprint density at radius 2 is 1.68 bits per heavy atom. The van der Waals surface area contributed by atoms with E-state index in [-0.39, 0.29) is 17.5 Å². The molecule has 1 N–H and O–H groups in total. The highest BCUT2D eigenvalue weighted by molar-refractivity contribution is 5.82. The molecule has 31 heavy (non-hydrogen) atoms. The summed E-state index contributed by atoms with van der Waals surface area (Å²) in [7, 11) is 0. The quantitative estimate of drug-likeness (QED) is 0.442. The first-order valence-electron chi connectivity index (χ1n) is 11.6. The largest absolute Gasteiger partial charge is 0.458 e. The second-order valence-corrected chi connectivity index (χ2v) is 9.72. The molecule has 0 radical (unpaired) electrons. The average Bonchev–Trinajstić information content (AvgIpc) is 3.17. The molecule has 0 saturated heterocycles. The summed E-state index contributed by atoms with van der Waals surface area (Å²) >= 11 is 0. The minimum atomic E-state index is -1.26. The van der Waals surface area contributed by atoms with Gasteiger partial charge in [0.15, 0.2) is 0 Å². The molecular formula is C28H34O3. The SMILES string of the molecule is CCC/C=C/C(=O)O[C@@H]1C[C@H]2CC[C@]1(C(O)(c1ccccc1)c1ccccc1)C2(C)C. The van der Waals surface area contributed by atoms with Crippen molar-refractivity contribution in [3.63, 3.8) is 0 Å². The van der Waals surface area contributed by atoms with E-state index in [0.717, 1.165) is 43.2 Å².